The Kier molecular flexibility index (Phi) is 5.72. The molecule has 0 saturated carbocycles. The number of fused-ring (bicyclic) bond motifs is 1. The molecule has 1 aliphatic heterocycles. The van der Waals surface area contributed by atoms with Gasteiger partial charge in [0.1, 0.15) is 21.3 Å². The monoisotopic (exact) mass is 390 g/mol. The number of hydrogen-bond donors (Lipinski definition) is 0. The summed E-state index contributed by atoms with van der Waals surface area (Å²) in [4.78, 5) is 28.1. The van der Waals surface area contributed by atoms with Crippen molar-refractivity contribution < 1.29 is 9.53 Å². The number of nitrogens with zero attached hydrogens (tertiary/aromatic N) is 4. The Labute approximate surface area is 165 Å². The van der Waals surface area contributed by atoms with Crippen molar-refractivity contribution in [1.82, 2.24) is 14.9 Å². The molecule has 0 amide bonds. The maximum atomic E-state index is 12.4. The maximum absolute atomic E-state index is 12.4. The van der Waals surface area contributed by atoms with E-state index in [0.717, 1.165) is 46.9 Å². The van der Waals surface area contributed by atoms with E-state index in [9.17, 15) is 4.79 Å². The summed E-state index contributed by atoms with van der Waals surface area (Å²) in [6.07, 6.45) is 2.37. The molecule has 0 N–H and O–H groups in total. The standard InChI is InChI=1S/C20H30N4O2S/c1-7-26-19(25)16-13(2)15-17(24-10-8-9-20(3,4)12-24)21-14(11-23(5)6)22-18(15)27-16/h7-12H2,1-6H3. The highest BCUT2D eigenvalue weighted by molar-refractivity contribution is 7.20. The summed E-state index contributed by atoms with van der Waals surface area (Å²) in [6.45, 7) is 11.4. The highest BCUT2D eigenvalue weighted by atomic mass is 32.1. The van der Waals surface area contributed by atoms with Gasteiger partial charge in [-0.3, -0.25) is 0 Å². The molecule has 0 aromatic carbocycles. The normalized spacial score (nSPS) is 16.9. The summed E-state index contributed by atoms with van der Waals surface area (Å²) in [7, 11) is 4.03. The van der Waals surface area contributed by atoms with E-state index in [1.807, 2.05) is 27.9 Å². The van der Waals surface area contributed by atoms with Crippen LogP contribution < -0.4 is 4.90 Å². The minimum Gasteiger partial charge on any atom is -0.462 e. The zero-order valence-electron chi connectivity index (χ0n) is 17.3. The van der Waals surface area contributed by atoms with E-state index in [4.69, 9.17) is 14.7 Å². The van der Waals surface area contributed by atoms with Gasteiger partial charge in [-0.25, -0.2) is 14.8 Å². The first-order valence-electron chi connectivity index (χ1n) is 9.58. The Hall–Kier alpha value is -1.73. The van der Waals surface area contributed by atoms with Gasteiger partial charge in [0.15, 0.2) is 0 Å². The fourth-order valence-corrected chi connectivity index (χ4v) is 4.83. The van der Waals surface area contributed by atoms with Crippen LogP contribution in [-0.2, 0) is 11.3 Å². The van der Waals surface area contributed by atoms with Crippen molar-refractivity contribution in [2.24, 2.45) is 5.41 Å². The molecular formula is C20H30N4O2S. The van der Waals surface area contributed by atoms with Crippen molar-refractivity contribution >= 4 is 33.3 Å². The number of anilines is 1. The molecule has 3 heterocycles. The molecule has 1 saturated heterocycles. The molecule has 3 rings (SSSR count). The molecule has 0 atom stereocenters. The fraction of sp³-hybridized carbons (Fsp3) is 0.650. The van der Waals surface area contributed by atoms with E-state index in [2.05, 4.69) is 23.6 Å². The summed E-state index contributed by atoms with van der Waals surface area (Å²) in [6, 6.07) is 0. The Morgan fingerprint density at radius 2 is 2.07 bits per heavy atom. The summed E-state index contributed by atoms with van der Waals surface area (Å²) in [5.41, 5.74) is 1.19. The van der Waals surface area contributed by atoms with Gasteiger partial charge in [-0.1, -0.05) is 13.8 Å². The van der Waals surface area contributed by atoms with E-state index >= 15 is 0 Å². The second-order valence-electron chi connectivity index (χ2n) is 8.35. The molecule has 0 aliphatic carbocycles. The summed E-state index contributed by atoms with van der Waals surface area (Å²) >= 11 is 1.42. The quantitative estimate of drug-likeness (QED) is 0.723. The molecular weight excluding hydrogens is 360 g/mol. The number of aryl methyl sites for hydroxylation is 1. The smallest absolute Gasteiger partial charge is 0.348 e. The van der Waals surface area contributed by atoms with Gasteiger partial charge in [0.25, 0.3) is 0 Å². The molecule has 7 heteroatoms. The summed E-state index contributed by atoms with van der Waals surface area (Å²) < 4.78 is 5.25. The van der Waals surface area contributed by atoms with Gasteiger partial charge in [0.05, 0.1) is 18.5 Å². The van der Waals surface area contributed by atoms with Crippen molar-refractivity contribution in [1.29, 1.82) is 0 Å². The van der Waals surface area contributed by atoms with Crippen LogP contribution in [-0.4, -0.2) is 54.6 Å². The van der Waals surface area contributed by atoms with Crippen molar-refractivity contribution in [2.75, 3.05) is 38.7 Å². The Balaban J connectivity index is 2.14. The van der Waals surface area contributed by atoms with Crippen molar-refractivity contribution in [3.05, 3.63) is 16.3 Å². The Morgan fingerprint density at radius 3 is 2.70 bits per heavy atom. The van der Waals surface area contributed by atoms with Crippen LogP contribution in [0.2, 0.25) is 0 Å². The highest BCUT2D eigenvalue weighted by Gasteiger charge is 2.30. The first-order valence-corrected chi connectivity index (χ1v) is 10.4. The third kappa shape index (κ3) is 4.24. The molecule has 27 heavy (non-hydrogen) atoms. The number of aromatic nitrogens is 2. The van der Waals surface area contributed by atoms with Crippen LogP contribution in [0.5, 0.6) is 0 Å². The average Bonchev–Trinajstić information content (AvgIpc) is 2.90. The number of hydrogen-bond acceptors (Lipinski definition) is 7. The Bertz CT molecular complexity index is 844. The first kappa shape index (κ1) is 20.0. The largest absolute Gasteiger partial charge is 0.462 e. The predicted octanol–water partition coefficient (Wildman–Crippen LogP) is 3.86. The molecule has 0 radical (unpaired) electrons. The number of rotatable bonds is 5. The van der Waals surface area contributed by atoms with Crippen molar-refractivity contribution in [3.8, 4) is 0 Å². The third-order valence-corrected chi connectivity index (χ3v) is 6.10. The molecule has 2 aromatic heterocycles. The second kappa shape index (κ2) is 7.72. The van der Waals surface area contributed by atoms with Gasteiger partial charge in [0.2, 0.25) is 0 Å². The van der Waals surface area contributed by atoms with Crippen molar-refractivity contribution in [2.45, 2.75) is 47.1 Å². The first-order chi connectivity index (χ1) is 12.7. The van der Waals surface area contributed by atoms with Crippen LogP contribution in [0.25, 0.3) is 10.2 Å². The molecule has 0 unspecified atom stereocenters. The van der Waals surface area contributed by atoms with Gasteiger partial charge in [-0.2, -0.15) is 0 Å². The fourth-order valence-electron chi connectivity index (χ4n) is 3.74. The average molecular weight is 391 g/mol. The van der Waals surface area contributed by atoms with Crippen LogP contribution >= 0.6 is 11.3 Å². The number of thiophene rings is 1. The van der Waals surface area contributed by atoms with E-state index < -0.39 is 0 Å². The molecule has 1 fully saturated rings. The maximum Gasteiger partial charge on any atom is 0.348 e. The number of carbonyl (C=O) groups excluding carboxylic acids is 1. The van der Waals surface area contributed by atoms with Crippen LogP contribution in [0, 0.1) is 12.3 Å². The topological polar surface area (TPSA) is 58.6 Å². The van der Waals surface area contributed by atoms with E-state index in [1.54, 1.807) is 0 Å². The lowest BCUT2D eigenvalue weighted by Gasteiger charge is -2.39. The van der Waals surface area contributed by atoms with Gasteiger partial charge >= 0.3 is 5.97 Å². The van der Waals surface area contributed by atoms with Gasteiger partial charge in [-0.15, -0.1) is 11.3 Å². The van der Waals surface area contributed by atoms with E-state index in [-0.39, 0.29) is 11.4 Å². The predicted molar refractivity (Wildman–Crippen MR) is 111 cm³/mol. The number of ether oxygens (including phenoxy) is 1. The molecule has 6 nitrogen and oxygen atoms in total. The van der Waals surface area contributed by atoms with Crippen LogP contribution in [0.15, 0.2) is 0 Å². The summed E-state index contributed by atoms with van der Waals surface area (Å²) in [5.74, 6) is 1.49. The molecule has 0 bridgehead atoms. The molecule has 2 aromatic rings. The molecule has 0 spiro atoms. The van der Waals surface area contributed by atoms with Crippen molar-refractivity contribution in [3.63, 3.8) is 0 Å². The number of esters is 1. The number of piperidine rings is 1. The lowest BCUT2D eigenvalue weighted by Crippen LogP contribution is -2.40. The zero-order valence-corrected chi connectivity index (χ0v) is 18.1. The van der Waals surface area contributed by atoms with E-state index in [1.165, 1.54) is 17.8 Å². The second-order valence-corrected chi connectivity index (χ2v) is 9.35. The highest BCUT2D eigenvalue weighted by Crippen LogP contribution is 2.39. The third-order valence-electron chi connectivity index (χ3n) is 4.94. The molecule has 148 valence electrons. The number of carbonyl (C=O) groups is 1. The zero-order chi connectivity index (χ0) is 19.8. The van der Waals surface area contributed by atoms with Crippen LogP contribution in [0.4, 0.5) is 5.82 Å². The van der Waals surface area contributed by atoms with Gasteiger partial charge < -0.3 is 14.5 Å². The lowest BCUT2D eigenvalue weighted by atomic mass is 9.84. The van der Waals surface area contributed by atoms with Gasteiger partial charge in [0, 0.05) is 13.1 Å². The Morgan fingerprint density at radius 1 is 1.33 bits per heavy atom. The van der Waals surface area contributed by atoms with Gasteiger partial charge in [-0.05, 0) is 51.8 Å². The minimum atomic E-state index is -0.267. The van der Waals surface area contributed by atoms with Crippen LogP contribution in [0.1, 0.15) is 54.7 Å². The van der Waals surface area contributed by atoms with Crippen LogP contribution in [0.3, 0.4) is 0 Å². The summed E-state index contributed by atoms with van der Waals surface area (Å²) in [5, 5.41) is 1.00. The lowest BCUT2D eigenvalue weighted by molar-refractivity contribution is 0.0531. The minimum absolute atomic E-state index is 0.255. The molecule has 1 aliphatic rings. The SMILES string of the molecule is CCOC(=O)c1sc2nc(CN(C)C)nc(N3CCCC(C)(C)C3)c2c1C. The van der Waals surface area contributed by atoms with E-state index in [0.29, 0.717) is 18.0 Å².